The lowest BCUT2D eigenvalue weighted by Gasteiger charge is -2.27. The smallest absolute Gasteiger partial charge is 0.237 e. The molecular formula is C14H26N2O3. The van der Waals surface area contributed by atoms with E-state index in [2.05, 4.69) is 5.32 Å². The number of carbonyl (C=O) groups excluding carboxylic acids is 1. The van der Waals surface area contributed by atoms with Crippen molar-refractivity contribution in [2.24, 2.45) is 17.6 Å². The molecule has 2 aliphatic heterocycles. The summed E-state index contributed by atoms with van der Waals surface area (Å²) in [6.07, 6.45) is 5.06. The van der Waals surface area contributed by atoms with E-state index in [1.54, 1.807) is 0 Å². The molecular weight excluding hydrogens is 244 g/mol. The highest BCUT2D eigenvalue weighted by atomic mass is 16.5. The zero-order valence-electron chi connectivity index (χ0n) is 11.6. The van der Waals surface area contributed by atoms with Gasteiger partial charge in [0.05, 0.1) is 6.04 Å². The van der Waals surface area contributed by atoms with Crippen molar-refractivity contribution in [1.82, 2.24) is 5.32 Å². The third-order valence-electron chi connectivity index (χ3n) is 4.27. The lowest BCUT2D eigenvalue weighted by Crippen LogP contribution is -2.47. The summed E-state index contributed by atoms with van der Waals surface area (Å²) in [7, 11) is 0. The maximum atomic E-state index is 12.0. The van der Waals surface area contributed by atoms with Gasteiger partial charge in [-0.1, -0.05) is 0 Å². The molecule has 0 aromatic heterocycles. The number of hydrogen-bond donors (Lipinski definition) is 2. The highest BCUT2D eigenvalue weighted by Crippen LogP contribution is 2.19. The SMILES string of the molecule is NC(C(=O)NCCC1CCOCC1)C1CCOCC1. The van der Waals surface area contributed by atoms with E-state index in [0.29, 0.717) is 5.92 Å². The summed E-state index contributed by atoms with van der Waals surface area (Å²) in [5.74, 6) is 0.962. The van der Waals surface area contributed by atoms with Crippen molar-refractivity contribution >= 4 is 5.91 Å². The molecule has 1 unspecified atom stereocenters. The van der Waals surface area contributed by atoms with E-state index in [0.717, 1.165) is 65.1 Å². The largest absolute Gasteiger partial charge is 0.381 e. The van der Waals surface area contributed by atoms with Gasteiger partial charge >= 0.3 is 0 Å². The number of hydrogen-bond acceptors (Lipinski definition) is 4. The Morgan fingerprint density at radius 2 is 1.68 bits per heavy atom. The predicted octanol–water partition coefficient (Wildman–Crippen LogP) is 0.673. The van der Waals surface area contributed by atoms with Gasteiger partial charge < -0.3 is 20.5 Å². The van der Waals surface area contributed by atoms with Gasteiger partial charge in [-0.2, -0.15) is 0 Å². The van der Waals surface area contributed by atoms with Crippen LogP contribution in [0.25, 0.3) is 0 Å². The molecule has 0 saturated carbocycles. The quantitative estimate of drug-likeness (QED) is 0.770. The van der Waals surface area contributed by atoms with Crippen molar-refractivity contribution in [1.29, 1.82) is 0 Å². The first-order valence-electron chi connectivity index (χ1n) is 7.46. The molecule has 2 saturated heterocycles. The van der Waals surface area contributed by atoms with Crippen LogP contribution in [0.5, 0.6) is 0 Å². The molecule has 1 amide bonds. The number of nitrogens with one attached hydrogen (secondary N) is 1. The fourth-order valence-electron chi connectivity index (χ4n) is 2.84. The summed E-state index contributed by atoms with van der Waals surface area (Å²) >= 11 is 0. The first-order valence-corrected chi connectivity index (χ1v) is 7.46. The molecule has 5 nitrogen and oxygen atoms in total. The van der Waals surface area contributed by atoms with Crippen molar-refractivity contribution < 1.29 is 14.3 Å². The van der Waals surface area contributed by atoms with E-state index in [9.17, 15) is 4.79 Å². The first-order chi connectivity index (χ1) is 9.27. The van der Waals surface area contributed by atoms with E-state index in [-0.39, 0.29) is 17.9 Å². The monoisotopic (exact) mass is 270 g/mol. The normalized spacial score (nSPS) is 24.1. The molecule has 0 spiro atoms. The van der Waals surface area contributed by atoms with Gasteiger partial charge in [0.2, 0.25) is 5.91 Å². The van der Waals surface area contributed by atoms with Crippen LogP contribution in [0.1, 0.15) is 32.1 Å². The maximum Gasteiger partial charge on any atom is 0.237 e. The van der Waals surface area contributed by atoms with Gasteiger partial charge in [-0.25, -0.2) is 0 Å². The Balaban J connectivity index is 1.62. The van der Waals surface area contributed by atoms with Crippen molar-refractivity contribution in [2.45, 2.75) is 38.1 Å². The Labute approximate surface area is 115 Å². The van der Waals surface area contributed by atoms with Gasteiger partial charge in [0.15, 0.2) is 0 Å². The average Bonchev–Trinajstić information content (AvgIpc) is 2.48. The van der Waals surface area contributed by atoms with Crippen molar-refractivity contribution in [3.63, 3.8) is 0 Å². The summed E-state index contributed by atoms with van der Waals surface area (Å²) in [5, 5.41) is 2.98. The van der Waals surface area contributed by atoms with Gasteiger partial charge in [-0.05, 0) is 43.9 Å². The highest BCUT2D eigenvalue weighted by molar-refractivity contribution is 5.81. The van der Waals surface area contributed by atoms with Crippen LogP contribution < -0.4 is 11.1 Å². The summed E-state index contributed by atoms with van der Waals surface area (Å²) in [5.41, 5.74) is 6.02. The van der Waals surface area contributed by atoms with Crippen LogP contribution in [0.3, 0.4) is 0 Å². The maximum absolute atomic E-state index is 12.0. The van der Waals surface area contributed by atoms with Crippen molar-refractivity contribution in [2.75, 3.05) is 33.0 Å². The second kappa shape index (κ2) is 7.82. The fourth-order valence-corrected chi connectivity index (χ4v) is 2.84. The van der Waals surface area contributed by atoms with E-state index in [4.69, 9.17) is 15.2 Å². The van der Waals surface area contributed by atoms with Crippen LogP contribution in [0.4, 0.5) is 0 Å². The predicted molar refractivity (Wildman–Crippen MR) is 72.7 cm³/mol. The van der Waals surface area contributed by atoms with E-state index < -0.39 is 0 Å². The standard InChI is InChI=1S/C14H26N2O3/c15-13(12-4-9-19-10-5-12)14(17)16-6-1-11-2-7-18-8-3-11/h11-13H,1-10,15H2,(H,16,17). The Bertz CT molecular complexity index is 274. The second-order valence-electron chi connectivity index (χ2n) is 5.61. The van der Waals surface area contributed by atoms with Gasteiger partial charge in [0.1, 0.15) is 0 Å². The Hall–Kier alpha value is -0.650. The molecule has 0 aliphatic carbocycles. The minimum absolute atomic E-state index is 0.000963. The van der Waals surface area contributed by atoms with Crippen LogP contribution in [0, 0.1) is 11.8 Å². The molecule has 0 radical (unpaired) electrons. The van der Waals surface area contributed by atoms with Crippen LogP contribution in [0.15, 0.2) is 0 Å². The van der Waals surface area contributed by atoms with Crippen LogP contribution >= 0.6 is 0 Å². The topological polar surface area (TPSA) is 73.6 Å². The van der Waals surface area contributed by atoms with Gasteiger partial charge in [0.25, 0.3) is 0 Å². The second-order valence-corrected chi connectivity index (χ2v) is 5.61. The molecule has 2 aliphatic rings. The van der Waals surface area contributed by atoms with Crippen LogP contribution in [-0.4, -0.2) is 44.9 Å². The number of ether oxygens (including phenoxy) is 2. The number of rotatable bonds is 5. The molecule has 2 fully saturated rings. The summed E-state index contributed by atoms with van der Waals surface area (Å²) in [6.45, 7) is 3.92. The van der Waals surface area contributed by atoms with Crippen molar-refractivity contribution in [3.05, 3.63) is 0 Å². The molecule has 19 heavy (non-hydrogen) atoms. The molecule has 0 aromatic rings. The van der Waals surface area contributed by atoms with Gasteiger partial charge in [-0.15, -0.1) is 0 Å². The third kappa shape index (κ3) is 4.75. The summed E-state index contributed by atoms with van der Waals surface area (Å²) < 4.78 is 10.6. The van der Waals surface area contributed by atoms with Crippen LogP contribution in [0.2, 0.25) is 0 Å². The molecule has 2 heterocycles. The molecule has 110 valence electrons. The lowest BCUT2D eigenvalue weighted by atomic mass is 9.91. The van der Waals surface area contributed by atoms with E-state index in [1.807, 2.05) is 0 Å². The molecule has 3 N–H and O–H groups in total. The van der Waals surface area contributed by atoms with Gasteiger partial charge in [-0.3, -0.25) is 4.79 Å². The first kappa shape index (κ1) is 14.8. The minimum Gasteiger partial charge on any atom is -0.381 e. The molecule has 5 heteroatoms. The Kier molecular flexibility index (Phi) is 6.07. The molecule has 1 atom stereocenters. The summed E-state index contributed by atoms with van der Waals surface area (Å²) in [6, 6.07) is -0.376. The minimum atomic E-state index is -0.376. The van der Waals surface area contributed by atoms with Crippen LogP contribution in [-0.2, 0) is 14.3 Å². The molecule has 0 bridgehead atoms. The van der Waals surface area contributed by atoms with Crippen molar-refractivity contribution in [3.8, 4) is 0 Å². The number of amides is 1. The summed E-state index contributed by atoms with van der Waals surface area (Å²) in [4.78, 5) is 12.0. The number of nitrogens with two attached hydrogens (primary N) is 1. The molecule has 2 rings (SSSR count). The van der Waals surface area contributed by atoms with E-state index >= 15 is 0 Å². The third-order valence-corrected chi connectivity index (χ3v) is 4.27. The number of carbonyl (C=O) groups is 1. The fraction of sp³-hybridized carbons (Fsp3) is 0.929. The Morgan fingerprint density at radius 3 is 2.32 bits per heavy atom. The van der Waals surface area contributed by atoms with Gasteiger partial charge in [0, 0.05) is 33.0 Å². The Morgan fingerprint density at radius 1 is 1.11 bits per heavy atom. The highest BCUT2D eigenvalue weighted by Gasteiger charge is 2.26. The average molecular weight is 270 g/mol. The molecule has 0 aromatic carbocycles. The lowest BCUT2D eigenvalue weighted by molar-refractivity contribution is -0.124. The zero-order chi connectivity index (χ0) is 13.5. The van der Waals surface area contributed by atoms with E-state index in [1.165, 1.54) is 0 Å². The zero-order valence-corrected chi connectivity index (χ0v) is 11.6.